The highest BCUT2D eigenvalue weighted by Gasteiger charge is 2.35. The molecule has 0 aliphatic heterocycles. The van der Waals surface area contributed by atoms with Crippen molar-refractivity contribution in [3.05, 3.63) is 53.4 Å². The van der Waals surface area contributed by atoms with Crippen LogP contribution in [0.15, 0.2) is 42.9 Å². The third kappa shape index (κ3) is 3.98. The Morgan fingerprint density at radius 3 is 2.78 bits per heavy atom. The number of rotatable bonds is 4. The second-order valence-electron chi connectivity index (χ2n) is 5.90. The van der Waals surface area contributed by atoms with E-state index in [-0.39, 0.29) is 5.41 Å². The molecule has 1 saturated carbocycles. The number of aromatic nitrogens is 2. The smallest absolute Gasteiger partial charge is 0.172 e. The lowest BCUT2D eigenvalue weighted by Gasteiger charge is -2.30. The molecule has 0 atom stereocenters. The van der Waals surface area contributed by atoms with Crippen LogP contribution in [0.2, 0.25) is 5.02 Å². The molecule has 1 heterocycles. The molecule has 4 nitrogen and oxygen atoms in total. The average molecular weight is 347 g/mol. The Kier molecular flexibility index (Phi) is 5.08. The number of halogens is 1. The van der Waals surface area contributed by atoms with Crippen LogP contribution in [0.25, 0.3) is 0 Å². The quantitative estimate of drug-likeness (QED) is 0.821. The van der Waals surface area contributed by atoms with Crippen LogP contribution >= 0.6 is 23.8 Å². The fourth-order valence-corrected chi connectivity index (χ4v) is 3.58. The lowest BCUT2D eigenvalue weighted by Crippen LogP contribution is -2.40. The molecule has 23 heavy (non-hydrogen) atoms. The second kappa shape index (κ2) is 7.23. The van der Waals surface area contributed by atoms with Crippen LogP contribution in [0.4, 0.5) is 5.82 Å². The third-order valence-electron chi connectivity index (χ3n) is 4.39. The summed E-state index contributed by atoms with van der Waals surface area (Å²) in [6.45, 7) is 0.791. The fourth-order valence-electron chi connectivity index (χ4n) is 3.21. The van der Waals surface area contributed by atoms with E-state index in [4.69, 9.17) is 23.8 Å². The van der Waals surface area contributed by atoms with Gasteiger partial charge in [0.05, 0.1) is 6.20 Å². The maximum atomic E-state index is 6.18. The molecular formula is C17H19ClN4S. The maximum absolute atomic E-state index is 6.18. The Balaban J connectivity index is 1.67. The summed E-state index contributed by atoms with van der Waals surface area (Å²) in [6, 6.07) is 8.18. The van der Waals surface area contributed by atoms with E-state index in [0.29, 0.717) is 10.9 Å². The number of nitrogens with zero attached hydrogens (tertiary/aromatic N) is 2. The highest BCUT2D eigenvalue weighted by Crippen LogP contribution is 2.41. The third-order valence-corrected chi connectivity index (χ3v) is 4.87. The van der Waals surface area contributed by atoms with Gasteiger partial charge in [0.15, 0.2) is 10.9 Å². The van der Waals surface area contributed by atoms with E-state index in [9.17, 15) is 0 Å². The first-order chi connectivity index (χ1) is 11.2. The van der Waals surface area contributed by atoms with Crippen LogP contribution in [0.3, 0.4) is 0 Å². The molecule has 0 unspecified atom stereocenters. The van der Waals surface area contributed by atoms with Gasteiger partial charge in [0.25, 0.3) is 0 Å². The molecule has 3 rings (SSSR count). The van der Waals surface area contributed by atoms with Gasteiger partial charge in [0, 0.05) is 29.4 Å². The Bertz CT molecular complexity index is 671. The van der Waals surface area contributed by atoms with Crippen LogP contribution in [0, 0.1) is 0 Å². The van der Waals surface area contributed by atoms with Crippen LogP contribution < -0.4 is 10.6 Å². The molecule has 1 aliphatic carbocycles. The van der Waals surface area contributed by atoms with E-state index in [1.807, 2.05) is 12.1 Å². The largest absolute Gasteiger partial charge is 0.362 e. The Labute approximate surface area is 146 Å². The minimum Gasteiger partial charge on any atom is -0.362 e. The van der Waals surface area contributed by atoms with E-state index < -0.39 is 0 Å². The van der Waals surface area contributed by atoms with Crippen LogP contribution in [0.5, 0.6) is 0 Å². The summed E-state index contributed by atoms with van der Waals surface area (Å²) in [4.78, 5) is 8.19. The summed E-state index contributed by atoms with van der Waals surface area (Å²) in [5.74, 6) is 0.647. The van der Waals surface area contributed by atoms with Crippen molar-refractivity contribution in [2.75, 3.05) is 11.9 Å². The molecule has 1 aromatic heterocycles. The first-order valence-corrected chi connectivity index (χ1v) is 8.54. The van der Waals surface area contributed by atoms with E-state index in [2.05, 4.69) is 32.7 Å². The molecule has 1 fully saturated rings. The molecule has 0 spiro atoms. The molecule has 2 N–H and O–H groups in total. The lowest BCUT2D eigenvalue weighted by molar-refractivity contribution is 0.435. The molecular weight excluding hydrogens is 328 g/mol. The number of thiocarbonyl (C=S) groups is 1. The zero-order chi connectivity index (χ0) is 16.1. The molecule has 0 radical (unpaired) electrons. The Hall–Kier alpha value is -1.72. The van der Waals surface area contributed by atoms with Gasteiger partial charge in [-0.2, -0.15) is 0 Å². The topological polar surface area (TPSA) is 49.8 Å². The Morgan fingerprint density at radius 1 is 1.26 bits per heavy atom. The lowest BCUT2D eigenvalue weighted by atomic mass is 9.79. The summed E-state index contributed by atoms with van der Waals surface area (Å²) in [5.41, 5.74) is 1.39. The van der Waals surface area contributed by atoms with Crippen molar-refractivity contribution in [2.45, 2.75) is 31.1 Å². The maximum Gasteiger partial charge on any atom is 0.172 e. The number of hydrogen-bond donors (Lipinski definition) is 2. The van der Waals surface area contributed by atoms with E-state index >= 15 is 0 Å². The van der Waals surface area contributed by atoms with Crippen LogP contribution in [-0.2, 0) is 5.41 Å². The van der Waals surface area contributed by atoms with Crippen molar-refractivity contribution < 1.29 is 0 Å². The van der Waals surface area contributed by atoms with E-state index in [0.717, 1.165) is 24.4 Å². The van der Waals surface area contributed by atoms with Crippen molar-refractivity contribution in [1.82, 2.24) is 15.3 Å². The van der Waals surface area contributed by atoms with Crippen molar-refractivity contribution in [3.63, 3.8) is 0 Å². The summed E-state index contributed by atoms with van der Waals surface area (Å²) in [6.07, 6.45) is 9.68. The van der Waals surface area contributed by atoms with Gasteiger partial charge in [-0.3, -0.25) is 4.98 Å². The SMILES string of the molecule is S=C(NCC1(c2cccc(Cl)c2)CCCC1)Nc1cnccn1. The summed E-state index contributed by atoms with van der Waals surface area (Å²) in [7, 11) is 0. The van der Waals surface area contributed by atoms with Crippen molar-refractivity contribution in [3.8, 4) is 0 Å². The van der Waals surface area contributed by atoms with Gasteiger partial charge in [0.2, 0.25) is 0 Å². The fraction of sp³-hybridized carbons (Fsp3) is 0.353. The van der Waals surface area contributed by atoms with Gasteiger partial charge >= 0.3 is 0 Å². The first kappa shape index (κ1) is 16.1. The summed E-state index contributed by atoms with van der Waals surface area (Å²) < 4.78 is 0. The average Bonchev–Trinajstić information content (AvgIpc) is 3.04. The van der Waals surface area contributed by atoms with E-state index in [1.54, 1.807) is 18.6 Å². The summed E-state index contributed by atoms with van der Waals surface area (Å²) in [5, 5.41) is 7.76. The van der Waals surface area contributed by atoms with Gasteiger partial charge in [-0.15, -0.1) is 0 Å². The molecule has 1 aliphatic rings. The minimum atomic E-state index is 0.0962. The van der Waals surface area contributed by atoms with Crippen LogP contribution in [-0.4, -0.2) is 21.6 Å². The van der Waals surface area contributed by atoms with Crippen molar-refractivity contribution in [1.29, 1.82) is 0 Å². The second-order valence-corrected chi connectivity index (χ2v) is 6.74. The molecule has 6 heteroatoms. The predicted octanol–water partition coefficient (Wildman–Crippen LogP) is 3.93. The minimum absolute atomic E-state index is 0.0962. The zero-order valence-electron chi connectivity index (χ0n) is 12.8. The molecule has 0 amide bonds. The standard InChI is InChI=1S/C17H19ClN4S/c18-14-5-3-4-13(10-14)17(6-1-2-7-17)12-21-16(23)22-15-11-19-8-9-20-15/h3-5,8-11H,1-2,6-7,12H2,(H2,20,21,22,23). The molecule has 1 aromatic carbocycles. The number of anilines is 1. The first-order valence-electron chi connectivity index (χ1n) is 7.75. The van der Waals surface area contributed by atoms with Crippen molar-refractivity contribution in [2.24, 2.45) is 0 Å². The number of nitrogens with one attached hydrogen (secondary N) is 2. The highest BCUT2D eigenvalue weighted by atomic mass is 35.5. The molecule has 0 bridgehead atoms. The van der Waals surface area contributed by atoms with Gasteiger partial charge in [-0.25, -0.2) is 4.98 Å². The molecule has 0 saturated heterocycles. The number of hydrogen-bond acceptors (Lipinski definition) is 3. The highest BCUT2D eigenvalue weighted by molar-refractivity contribution is 7.80. The molecule has 120 valence electrons. The van der Waals surface area contributed by atoms with E-state index in [1.165, 1.54) is 18.4 Å². The predicted molar refractivity (Wildman–Crippen MR) is 97.9 cm³/mol. The van der Waals surface area contributed by atoms with Crippen molar-refractivity contribution >= 4 is 34.7 Å². The van der Waals surface area contributed by atoms with Gasteiger partial charge in [0.1, 0.15) is 0 Å². The van der Waals surface area contributed by atoms with Gasteiger partial charge in [-0.05, 0) is 42.8 Å². The van der Waals surface area contributed by atoms with Gasteiger partial charge < -0.3 is 10.6 Å². The monoisotopic (exact) mass is 346 g/mol. The van der Waals surface area contributed by atoms with Gasteiger partial charge in [-0.1, -0.05) is 36.6 Å². The normalized spacial score (nSPS) is 16.0. The molecule has 2 aromatic rings. The zero-order valence-corrected chi connectivity index (χ0v) is 14.3. The summed E-state index contributed by atoms with van der Waals surface area (Å²) >= 11 is 11.6. The Morgan fingerprint density at radius 2 is 2.09 bits per heavy atom. The van der Waals surface area contributed by atoms with Crippen LogP contribution in [0.1, 0.15) is 31.2 Å². The number of benzene rings is 1.